The van der Waals surface area contributed by atoms with E-state index in [0.29, 0.717) is 28.7 Å². The smallest absolute Gasteiger partial charge is 0.253 e. The molecule has 0 fully saturated rings. The van der Waals surface area contributed by atoms with E-state index in [1.165, 1.54) is 6.07 Å². The maximum Gasteiger partial charge on any atom is 0.253 e. The van der Waals surface area contributed by atoms with Crippen molar-refractivity contribution in [1.82, 2.24) is 10.3 Å². The number of hydrogen-bond acceptors (Lipinski definition) is 1. The number of fused-ring (bicyclic) bond motifs is 1. The molecule has 2 N–H and O–H groups in total. The van der Waals surface area contributed by atoms with E-state index in [-0.39, 0.29) is 11.7 Å². The van der Waals surface area contributed by atoms with Crippen LogP contribution in [0.5, 0.6) is 0 Å². The second-order valence-electron chi connectivity index (χ2n) is 4.96. The topological polar surface area (TPSA) is 44.9 Å². The van der Waals surface area contributed by atoms with Crippen LogP contribution < -0.4 is 5.32 Å². The molecule has 1 aromatic heterocycles. The predicted molar refractivity (Wildman–Crippen MR) is 80.6 cm³/mol. The first-order valence-corrected chi connectivity index (χ1v) is 6.75. The Labute approximate surface area is 121 Å². The summed E-state index contributed by atoms with van der Waals surface area (Å²) < 4.78 is 13.7. The van der Waals surface area contributed by atoms with Gasteiger partial charge in [-0.1, -0.05) is 42.5 Å². The third kappa shape index (κ3) is 2.52. The molecule has 0 saturated heterocycles. The average Bonchev–Trinajstić information content (AvgIpc) is 2.84. The van der Waals surface area contributed by atoms with Gasteiger partial charge in [-0.3, -0.25) is 4.79 Å². The lowest BCUT2D eigenvalue weighted by molar-refractivity contribution is 0.0952. The molecule has 0 aliphatic carbocycles. The molecule has 4 heteroatoms. The molecule has 0 saturated carbocycles. The second-order valence-corrected chi connectivity index (χ2v) is 4.96. The number of amides is 1. The van der Waals surface area contributed by atoms with Crippen LogP contribution in [0.15, 0.2) is 48.5 Å². The van der Waals surface area contributed by atoms with Gasteiger partial charge in [0.1, 0.15) is 5.82 Å². The van der Waals surface area contributed by atoms with Crippen molar-refractivity contribution in [2.45, 2.75) is 13.5 Å². The van der Waals surface area contributed by atoms with Crippen LogP contribution >= 0.6 is 0 Å². The number of benzene rings is 2. The van der Waals surface area contributed by atoms with Crippen molar-refractivity contribution < 1.29 is 9.18 Å². The van der Waals surface area contributed by atoms with Gasteiger partial charge in [0.15, 0.2) is 0 Å². The lowest BCUT2D eigenvalue weighted by atomic mass is 10.1. The van der Waals surface area contributed by atoms with Crippen LogP contribution in [-0.2, 0) is 6.54 Å². The minimum absolute atomic E-state index is 0.201. The largest absolute Gasteiger partial charge is 0.356 e. The van der Waals surface area contributed by atoms with Crippen molar-refractivity contribution in [1.29, 1.82) is 0 Å². The number of aromatic nitrogens is 1. The van der Waals surface area contributed by atoms with Crippen LogP contribution in [-0.4, -0.2) is 10.9 Å². The van der Waals surface area contributed by atoms with E-state index >= 15 is 0 Å². The maximum absolute atomic E-state index is 13.7. The third-order valence-corrected chi connectivity index (χ3v) is 3.49. The van der Waals surface area contributed by atoms with Crippen molar-refractivity contribution >= 4 is 16.8 Å². The molecule has 2 aromatic carbocycles. The Hall–Kier alpha value is -2.62. The van der Waals surface area contributed by atoms with Crippen LogP contribution in [0, 0.1) is 12.7 Å². The first-order chi connectivity index (χ1) is 10.2. The number of rotatable bonds is 3. The molecule has 0 atom stereocenters. The molecular formula is C17H15FN2O. The van der Waals surface area contributed by atoms with E-state index in [0.717, 1.165) is 5.56 Å². The Morgan fingerprint density at radius 1 is 1.14 bits per heavy atom. The number of carbonyl (C=O) groups excluding carboxylic acids is 1. The number of H-pyrrole nitrogens is 1. The predicted octanol–water partition coefficient (Wildman–Crippen LogP) is 3.55. The fourth-order valence-electron chi connectivity index (χ4n) is 2.47. The van der Waals surface area contributed by atoms with Crippen molar-refractivity contribution in [3.63, 3.8) is 0 Å². The van der Waals surface area contributed by atoms with Crippen molar-refractivity contribution in [2.75, 3.05) is 0 Å². The van der Waals surface area contributed by atoms with Crippen LogP contribution in [0.1, 0.15) is 21.6 Å². The Morgan fingerprint density at radius 3 is 2.67 bits per heavy atom. The van der Waals surface area contributed by atoms with Crippen LogP contribution in [0.3, 0.4) is 0 Å². The molecule has 0 unspecified atom stereocenters. The number of nitrogens with one attached hydrogen (secondary N) is 2. The number of halogens is 1. The summed E-state index contributed by atoms with van der Waals surface area (Å²) in [4.78, 5) is 15.3. The highest BCUT2D eigenvalue weighted by molar-refractivity contribution is 6.08. The molecule has 1 heterocycles. The Bertz CT molecular complexity index is 793. The lowest BCUT2D eigenvalue weighted by Crippen LogP contribution is -2.23. The fraction of sp³-hybridized carbons (Fsp3) is 0.118. The number of carbonyl (C=O) groups is 1. The van der Waals surface area contributed by atoms with Crippen molar-refractivity contribution in [3.05, 3.63) is 71.2 Å². The van der Waals surface area contributed by atoms with Crippen molar-refractivity contribution in [3.8, 4) is 0 Å². The van der Waals surface area contributed by atoms with E-state index in [1.54, 1.807) is 19.1 Å². The van der Waals surface area contributed by atoms with E-state index < -0.39 is 0 Å². The average molecular weight is 282 g/mol. The summed E-state index contributed by atoms with van der Waals surface area (Å²) in [5.74, 6) is -0.550. The van der Waals surface area contributed by atoms with E-state index in [2.05, 4.69) is 10.3 Å². The molecule has 0 bridgehead atoms. The number of aromatic amines is 1. The van der Waals surface area contributed by atoms with Gasteiger partial charge in [-0.05, 0) is 18.6 Å². The van der Waals surface area contributed by atoms with Gasteiger partial charge in [0.05, 0.1) is 11.1 Å². The van der Waals surface area contributed by atoms with Crippen LogP contribution in [0.4, 0.5) is 4.39 Å². The molecule has 106 valence electrons. The van der Waals surface area contributed by atoms with Gasteiger partial charge >= 0.3 is 0 Å². The number of para-hydroxylation sites is 1. The maximum atomic E-state index is 13.7. The van der Waals surface area contributed by atoms with Gasteiger partial charge in [0, 0.05) is 17.6 Å². The number of aryl methyl sites for hydroxylation is 1. The summed E-state index contributed by atoms with van der Waals surface area (Å²) >= 11 is 0. The first kappa shape index (κ1) is 13.4. The minimum Gasteiger partial charge on any atom is -0.356 e. The first-order valence-electron chi connectivity index (χ1n) is 6.75. The van der Waals surface area contributed by atoms with E-state index in [4.69, 9.17) is 0 Å². The standard InChI is InChI=1S/C17H15FN2O/c1-11-15(13-8-5-9-14(18)16(13)20-11)17(21)19-10-12-6-3-2-4-7-12/h2-9,20H,10H2,1H3,(H,19,21). The van der Waals surface area contributed by atoms with E-state index in [9.17, 15) is 9.18 Å². The molecule has 0 radical (unpaired) electrons. The van der Waals surface area contributed by atoms with Crippen molar-refractivity contribution in [2.24, 2.45) is 0 Å². The zero-order valence-corrected chi connectivity index (χ0v) is 11.6. The number of hydrogen-bond donors (Lipinski definition) is 2. The van der Waals surface area contributed by atoms with Gasteiger partial charge in [-0.15, -0.1) is 0 Å². The van der Waals surface area contributed by atoms with Gasteiger partial charge in [0.25, 0.3) is 5.91 Å². The monoisotopic (exact) mass is 282 g/mol. The highest BCUT2D eigenvalue weighted by Gasteiger charge is 2.17. The molecule has 3 rings (SSSR count). The zero-order chi connectivity index (χ0) is 14.8. The molecule has 0 aliphatic rings. The fourth-order valence-corrected chi connectivity index (χ4v) is 2.47. The molecular weight excluding hydrogens is 267 g/mol. The molecule has 3 nitrogen and oxygen atoms in total. The summed E-state index contributed by atoms with van der Waals surface area (Å²) in [6, 6.07) is 14.4. The SMILES string of the molecule is Cc1[nH]c2c(F)cccc2c1C(=O)NCc1ccccc1. The summed E-state index contributed by atoms with van der Waals surface area (Å²) in [6.07, 6.45) is 0. The molecule has 1 amide bonds. The van der Waals surface area contributed by atoms with Gasteiger partial charge in [-0.2, -0.15) is 0 Å². The normalized spacial score (nSPS) is 10.8. The highest BCUT2D eigenvalue weighted by atomic mass is 19.1. The molecule has 3 aromatic rings. The lowest BCUT2D eigenvalue weighted by Gasteiger charge is -2.05. The second kappa shape index (κ2) is 5.40. The zero-order valence-electron chi connectivity index (χ0n) is 11.6. The van der Waals surface area contributed by atoms with Gasteiger partial charge in [-0.25, -0.2) is 4.39 Å². The molecule has 21 heavy (non-hydrogen) atoms. The Kier molecular flexibility index (Phi) is 3.44. The Balaban J connectivity index is 1.88. The minimum atomic E-state index is -0.349. The van der Waals surface area contributed by atoms with E-state index in [1.807, 2.05) is 30.3 Å². The Morgan fingerprint density at radius 2 is 1.90 bits per heavy atom. The van der Waals surface area contributed by atoms with Gasteiger partial charge < -0.3 is 10.3 Å². The highest BCUT2D eigenvalue weighted by Crippen LogP contribution is 2.24. The summed E-state index contributed by atoms with van der Waals surface area (Å²) in [7, 11) is 0. The van der Waals surface area contributed by atoms with Crippen LogP contribution in [0.25, 0.3) is 10.9 Å². The third-order valence-electron chi connectivity index (χ3n) is 3.49. The molecule has 0 spiro atoms. The van der Waals surface area contributed by atoms with Crippen LogP contribution in [0.2, 0.25) is 0 Å². The summed E-state index contributed by atoms with van der Waals surface area (Å²) in [5.41, 5.74) is 2.57. The summed E-state index contributed by atoms with van der Waals surface area (Å²) in [6.45, 7) is 2.22. The summed E-state index contributed by atoms with van der Waals surface area (Å²) in [5, 5.41) is 3.48. The molecule has 0 aliphatic heterocycles. The van der Waals surface area contributed by atoms with Gasteiger partial charge in [0.2, 0.25) is 0 Å². The quantitative estimate of drug-likeness (QED) is 0.758.